The van der Waals surface area contributed by atoms with Crippen molar-refractivity contribution >= 4 is 5.91 Å². The minimum atomic E-state index is -0.800. The highest BCUT2D eigenvalue weighted by Gasteiger charge is 2.41. The minimum Gasteiger partial charge on any atom is -0.491 e. The van der Waals surface area contributed by atoms with Gasteiger partial charge in [-0.2, -0.15) is 0 Å². The molecule has 0 bridgehead atoms. The largest absolute Gasteiger partial charge is 0.491 e. The number of halogens is 1. The van der Waals surface area contributed by atoms with E-state index >= 15 is 0 Å². The first kappa shape index (κ1) is 22.7. The van der Waals surface area contributed by atoms with Gasteiger partial charge in [-0.25, -0.2) is 9.37 Å². The van der Waals surface area contributed by atoms with Crippen molar-refractivity contribution in [3.63, 3.8) is 0 Å². The Hall–Kier alpha value is -2.49. The van der Waals surface area contributed by atoms with E-state index in [4.69, 9.17) is 13.9 Å². The summed E-state index contributed by atoms with van der Waals surface area (Å²) in [5.41, 5.74) is 0.0504. The van der Waals surface area contributed by atoms with Crippen molar-refractivity contribution in [3.8, 4) is 5.75 Å². The molecule has 2 saturated heterocycles. The van der Waals surface area contributed by atoms with E-state index in [1.54, 1.807) is 18.4 Å². The molecule has 0 spiro atoms. The number of aromatic nitrogens is 1. The van der Waals surface area contributed by atoms with E-state index < -0.39 is 5.60 Å². The van der Waals surface area contributed by atoms with Gasteiger partial charge in [-0.1, -0.05) is 0 Å². The van der Waals surface area contributed by atoms with Crippen molar-refractivity contribution in [2.24, 2.45) is 0 Å². The highest BCUT2D eigenvalue weighted by atomic mass is 19.1. The fraction of sp³-hybridized carbons (Fsp3) is 0.565. The molecule has 4 rings (SSSR count). The molecule has 0 aliphatic carbocycles. The van der Waals surface area contributed by atoms with Crippen LogP contribution in [-0.2, 0) is 16.1 Å². The number of aryl methyl sites for hydroxylation is 1. The van der Waals surface area contributed by atoms with Gasteiger partial charge < -0.3 is 23.7 Å². The Kier molecular flexibility index (Phi) is 7.07. The number of piperazine rings is 1. The maximum absolute atomic E-state index is 13.3. The maximum Gasteiger partial charge on any atom is 0.225 e. The first-order valence-electron chi connectivity index (χ1n) is 11.0. The molecule has 1 amide bonds. The molecule has 8 nitrogen and oxygen atoms in total. The van der Waals surface area contributed by atoms with Gasteiger partial charge in [0.15, 0.2) is 5.89 Å². The smallest absolute Gasteiger partial charge is 0.225 e. The standard InChI is InChI=1S/C23H31FN4O4/c1-18-25-20(15-30-18)14-27-11-12-32-23(16-27,17-31-21-5-3-19(24)4-6-21)13-22(29)28-9-7-26(2)8-10-28/h3-6,15H,7-14,16-17H2,1-2H3. The van der Waals surface area contributed by atoms with Gasteiger partial charge in [0, 0.05) is 52.7 Å². The predicted molar refractivity (Wildman–Crippen MR) is 116 cm³/mol. The normalized spacial score (nSPS) is 22.8. The zero-order chi connectivity index (χ0) is 22.6. The van der Waals surface area contributed by atoms with E-state index in [0.29, 0.717) is 44.4 Å². The van der Waals surface area contributed by atoms with E-state index in [1.165, 1.54) is 12.1 Å². The highest BCUT2D eigenvalue weighted by molar-refractivity contribution is 5.77. The van der Waals surface area contributed by atoms with Crippen molar-refractivity contribution in [1.29, 1.82) is 0 Å². The molecule has 2 aliphatic rings. The molecule has 9 heteroatoms. The number of likely N-dealkylation sites (N-methyl/N-ethyl adjacent to an activating group) is 1. The maximum atomic E-state index is 13.3. The average Bonchev–Trinajstić information content (AvgIpc) is 3.18. The third-order valence-electron chi connectivity index (χ3n) is 6.02. The van der Waals surface area contributed by atoms with Gasteiger partial charge in [0.1, 0.15) is 30.0 Å². The van der Waals surface area contributed by atoms with Gasteiger partial charge in [-0.15, -0.1) is 0 Å². The molecule has 2 aliphatic heterocycles. The van der Waals surface area contributed by atoms with E-state index in [-0.39, 0.29) is 24.8 Å². The highest BCUT2D eigenvalue weighted by Crippen LogP contribution is 2.27. The molecule has 1 aromatic heterocycles. The van der Waals surface area contributed by atoms with Crippen molar-refractivity contribution < 1.29 is 23.1 Å². The summed E-state index contributed by atoms with van der Waals surface area (Å²) in [6.07, 6.45) is 1.89. The number of carbonyl (C=O) groups excluding carboxylic acids is 1. The summed E-state index contributed by atoms with van der Waals surface area (Å²) >= 11 is 0. The van der Waals surface area contributed by atoms with Crippen LogP contribution < -0.4 is 4.74 Å². The van der Waals surface area contributed by atoms with Crippen LogP contribution in [0.25, 0.3) is 0 Å². The number of oxazole rings is 1. The monoisotopic (exact) mass is 446 g/mol. The summed E-state index contributed by atoms with van der Waals surface area (Å²) in [6, 6.07) is 5.89. The molecule has 1 atom stereocenters. The first-order chi connectivity index (χ1) is 15.4. The van der Waals surface area contributed by atoms with Gasteiger partial charge in [-0.05, 0) is 31.3 Å². The van der Waals surface area contributed by atoms with Crippen LogP contribution in [0.1, 0.15) is 18.0 Å². The molecule has 2 fully saturated rings. The van der Waals surface area contributed by atoms with Crippen molar-refractivity contribution in [3.05, 3.63) is 47.9 Å². The summed E-state index contributed by atoms with van der Waals surface area (Å²) < 4.78 is 30.8. The van der Waals surface area contributed by atoms with Crippen LogP contribution in [-0.4, -0.2) is 90.7 Å². The lowest BCUT2D eigenvalue weighted by molar-refractivity contribution is -0.158. The topological polar surface area (TPSA) is 71.3 Å². The Balaban J connectivity index is 1.47. The van der Waals surface area contributed by atoms with Crippen LogP contribution in [0, 0.1) is 12.7 Å². The Morgan fingerprint density at radius 1 is 1.19 bits per heavy atom. The van der Waals surface area contributed by atoms with Crippen LogP contribution in [0.15, 0.2) is 34.9 Å². The Morgan fingerprint density at radius 2 is 1.94 bits per heavy atom. The molecule has 32 heavy (non-hydrogen) atoms. The Morgan fingerprint density at radius 3 is 2.62 bits per heavy atom. The number of ether oxygens (including phenoxy) is 2. The average molecular weight is 447 g/mol. The van der Waals surface area contributed by atoms with Crippen LogP contribution in [0.3, 0.4) is 0 Å². The minimum absolute atomic E-state index is 0.0694. The van der Waals surface area contributed by atoms with E-state index in [0.717, 1.165) is 25.3 Å². The molecular formula is C23H31FN4O4. The zero-order valence-electron chi connectivity index (χ0n) is 18.8. The number of carbonyl (C=O) groups is 1. The quantitative estimate of drug-likeness (QED) is 0.644. The van der Waals surface area contributed by atoms with Gasteiger partial charge in [0.05, 0.1) is 18.7 Å². The number of benzene rings is 1. The lowest BCUT2D eigenvalue weighted by Crippen LogP contribution is -2.58. The van der Waals surface area contributed by atoms with Crippen LogP contribution >= 0.6 is 0 Å². The molecule has 174 valence electrons. The lowest BCUT2D eigenvalue weighted by Gasteiger charge is -2.43. The fourth-order valence-corrected chi connectivity index (χ4v) is 4.20. The number of rotatable bonds is 7. The lowest BCUT2D eigenvalue weighted by atomic mass is 9.96. The second-order valence-corrected chi connectivity index (χ2v) is 8.70. The van der Waals surface area contributed by atoms with Crippen molar-refractivity contribution in [2.45, 2.75) is 25.5 Å². The molecule has 0 saturated carbocycles. The number of hydrogen-bond acceptors (Lipinski definition) is 7. The number of hydrogen-bond donors (Lipinski definition) is 0. The molecule has 0 N–H and O–H groups in total. The van der Waals surface area contributed by atoms with E-state index in [1.807, 2.05) is 11.8 Å². The van der Waals surface area contributed by atoms with E-state index in [2.05, 4.69) is 21.8 Å². The van der Waals surface area contributed by atoms with Crippen LogP contribution in [0.5, 0.6) is 5.75 Å². The summed E-state index contributed by atoms with van der Waals surface area (Å²) in [5.74, 6) is 0.926. The van der Waals surface area contributed by atoms with E-state index in [9.17, 15) is 9.18 Å². The summed E-state index contributed by atoms with van der Waals surface area (Å²) in [7, 11) is 2.06. The predicted octanol–water partition coefficient (Wildman–Crippen LogP) is 1.94. The third kappa shape index (κ3) is 5.85. The third-order valence-corrected chi connectivity index (χ3v) is 6.02. The summed E-state index contributed by atoms with van der Waals surface area (Å²) in [5, 5.41) is 0. The SMILES string of the molecule is Cc1nc(CN2CCOC(COc3ccc(F)cc3)(CC(=O)N3CCN(C)CC3)C2)co1. The van der Waals surface area contributed by atoms with Gasteiger partial charge >= 0.3 is 0 Å². The summed E-state index contributed by atoms with van der Waals surface area (Å²) in [4.78, 5) is 23.9. The Bertz CT molecular complexity index is 898. The first-order valence-corrected chi connectivity index (χ1v) is 11.0. The van der Waals surface area contributed by atoms with Crippen LogP contribution in [0.2, 0.25) is 0 Å². The second kappa shape index (κ2) is 9.97. The molecule has 1 unspecified atom stereocenters. The molecule has 3 heterocycles. The number of morpholine rings is 1. The molecule has 1 aromatic carbocycles. The fourth-order valence-electron chi connectivity index (χ4n) is 4.20. The van der Waals surface area contributed by atoms with Gasteiger partial charge in [0.2, 0.25) is 5.91 Å². The summed E-state index contributed by atoms with van der Waals surface area (Å²) in [6.45, 7) is 7.53. The van der Waals surface area contributed by atoms with Gasteiger partial charge in [-0.3, -0.25) is 9.69 Å². The number of nitrogens with zero attached hydrogens (tertiary/aromatic N) is 4. The molecule has 2 aromatic rings. The Labute approximate surface area is 187 Å². The molecular weight excluding hydrogens is 415 g/mol. The number of amides is 1. The second-order valence-electron chi connectivity index (χ2n) is 8.70. The van der Waals surface area contributed by atoms with Crippen molar-refractivity contribution in [2.75, 3.05) is 59.5 Å². The van der Waals surface area contributed by atoms with Crippen molar-refractivity contribution in [1.82, 2.24) is 19.7 Å². The zero-order valence-corrected chi connectivity index (χ0v) is 18.8. The molecule has 0 radical (unpaired) electrons. The van der Waals surface area contributed by atoms with Gasteiger partial charge in [0.25, 0.3) is 0 Å². The van der Waals surface area contributed by atoms with Crippen LogP contribution in [0.4, 0.5) is 4.39 Å².